The first-order valence-corrected chi connectivity index (χ1v) is 10.2. The number of aromatic nitrogens is 1. The molecule has 0 atom stereocenters. The van der Waals surface area contributed by atoms with Crippen molar-refractivity contribution in [3.8, 4) is 0 Å². The van der Waals surface area contributed by atoms with Crippen LogP contribution in [0.1, 0.15) is 17.6 Å². The molecule has 7 heteroatoms. The minimum Gasteiger partial charge on any atom is -0.360 e. The Balaban J connectivity index is 1.45. The highest BCUT2D eigenvalue weighted by atomic mass is 32.1. The van der Waals surface area contributed by atoms with E-state index in [2.05, 4.69) is 54.9 Å². The first-order chi connectivity index (χ1) is 11.8. The summed E-state index contributed by atoms with van der Waals surface area (Å²) in [5.41, 5.74) is 1.18. The third-order valence-corrected chi connectivity index (χ3v) is 6.15. The molecule has 0 unspecified atom stereocenters. The summed E-state index contributed by atoms with van der Waals surface area (Å²) < 4.78 is 0. The predicted octanol–water partition coefficient (Wildman–Crippen LogP) is 2.71. The van der Waals surface area contributed by atoms with Gasteiger partial charge >= 0.3 is 0 Å². The lowest BCUT2D eigenvalue weighted by Crippen LogP contribution is -2.52. The van der Waals surface area contributed by atoms with Gasteiger partial charge in [0.25, 0.3) is 0 Å². The Kier molecular flexibility index (Phi) is 6.09. The number of anilines is 1. The molecule has 1 fully saturated rings. The first-order valence-electron chi connectivity index (χ1n) is 8.47. The number of rotatable bonds is 5. The molecule has 1 aliphatic heterocycles. The molecule has 3 heterocycles. The van der Waals surface area contributed by atoms with Gasteiger partial charge in [-0.3, -0.25) is 4.99 Å². The highest BCUT2D eigenvalue weighted by molar-refractivity contribution is 7.14. The van der Waals surface area contributed by atoms with E-state index in [1.807, 2.05) is 18.4 Å². The van der Waals surface area contributed by atoms with E-state index in [-0.39, 0.29) is 0 Å². The first kappa shape index (κ1) is 17.2. The van der Waals surface area contributed by atoms with E-state index in [4.69, 9.17) is 0 Å². The number of thiazole rings is 1. The van der Waals surface area contributed by atoms with Crippen molar-refractivity contribution in [2.24, 2.45) is 4.99 Å². The summed E-state index contributed by atoms with van der Waals surface area (Å²) in [7, 11) is 1.87. The number of nitrogens with zero attached hydrogens (tertiary/aromatic N) is 4. The number of aryl methyl sites for hydroxylation is 1. The van der Waals surface area contributed by atoms with Gasteiger partial charge in [-0.05, 0) is 23.9 Å². The second-order valence-electron chi connectivity index (χ2n) is 5.74. The minimum absolute atomic E-state index is 0.880. The van der Waals surface area contributed by atoms with Crippen molar-refractivity contribution < 1.29 is 0 Å². The van der Waals surface area contributed by atoms with Gasteiger partial charge in [0.15, 0.2) is 5.96 Å². The van der Waals surface area contributed by atoms with Crippen molar-refractivity contribution in [2.45, 2.75) is 19.8 Å². The fourth-order valence-corrected chi connectivity index (χ4v) is 4.41. The Labute approximate surface area is 152 Å². The van der Waals surface area contributed by atoms with Gasteiger partial charge in [0, 0.05) is 51.6 Å². The molecule has 0 radical (unpaired) electrons. The maximum absolute atomic E-state index is 4.62. The standard InChI is InChI=1S/C17H25N5S2/c1-3-15-20-14(13-24-15)6-7-19-17(18-2)22-10-8-21(9-11-22)16-5-4-12-23-16/h4-5,12-13H,3,6-11H2,1-2H3,(H,18,19). The molecular weight excluding hydrogens is 338 g/mol. The van der Waals surface area contributed by atoms with Crippen LogP contribution in [0.2, 0.25) is 0 Å². The molecule has 1 aliphatic rings. The molecule has 0 aliphatic carbocycles. The molecule has 1 saturated heterocycles. The summed E-state index contributed by atoms with van der Waals surface area (Å²) in [6, 6.07) is 4.32. The number of guanidine groups is 1. The molecule has 3 rings (SSSR count). The van der Waals surface area contributed by atoms with Crippen LogP contribution in [0.15, 0.2) is 27.9 Å². The number of aliphatic imine (C=N–C) groups is 1. The smallest absolute Gasteiger partial charge is 0.193 e. The van der Waals surface area contributed by atoms with E-state index in [1.54, 1.807) is 11.3 Å². The van der Waals surface area contributed by atoms with Gasteiger partial charge in [0.1, 0.15) is 0 Å². The highest BCUT2D eigenvalue weighted by Gasteiger charge is 2.20. The van der Waals surface area contributed by atoms with Gasteiger partial charge in [-0.2, -0.15) is 0 Å². The van der Waals surface area contributed by atoms with Crippen LogP contribution < -0.4 is 10.2 Å². The van der Waals surface area contributed by atoms with Crippen LogP contribution in [0.4, 0.5) is 5.00 Å². The Morgan fingerprint density at radius 1 is 1.29 bits per heavy atom. The fraction of sp³-hybridized carbons (Fsp3) is 0.529. The summed E-state index contributed by atoms with van der Waals surface area (Å²) in [6.07, 6.45) is 1.97. The number of piperazine rings is 1. The molecule has 5 nitrogen and oxygen atoms in total. The van der Waals surface area contributed by atoms with E-state index in [0.717, 1.165) is 51.5 Å². The molecule has 24 heavy (non-hydrogen) atoms. The zero-order valence-corrected chi connectivity index (χ0v) is 16.0. The van der Waals surface area contributed by atoms with Crippen LogP contribution in [0.25, 0.3) is 0 Å². The van der Waals surface area contributed by atoms with Gasteiger partial charge in [-0.25, -0.2) is 4.98 Å². The Morgan fingerprint density at radius 3 is 2.75 bits per heavy atom. The van der Waals surface area contributed by atoms with Crippen molar-refractivity contribution in [3.05, 3.63) is 33.6 Å². The average molecular weight is 364 g/mol. The number of hydrogen-bond donors (Lipinski definition) is 1. The maximum Gasteiger partial charge on any atom is 0.193 e. The number of thiophene rings is 1. The largest absolute Gasteiger partial charge is 0.360 e. The van der Waals surface area contributed by atoms with Gasteiger partial charge in [-0.1, -0.05) is 6.92 Å². The lowest BCUT2D eigenvalue weighted by atomic mass is 10.3. The predicted molar refractivity (Wildman–Crippen MR) is 105 cm³/mol. The monoisotopic (exact) mass is 363 g/mol. The fourth-order valence-electron chi connectivity index (χ4n) is 2.85. The molecule has 0 aromatic carbocycles. The SMILES string of the molecule is CCc1nc(CCNC(=NC)N2CCN(c3cccs3)CC2)cs1. The maximum atomic E-state index is 4.62. The van der Waals surface area contributed by atoms with E-state index >= 15 is 0 Å². The van der Waals surface area contributed by atoms with Crippen molar-refractivity contribution >= 4 is 33.6 Å². The highest BCUT2D eigenvalue weighted by Crippen LogP contribution is 2.22. The van der Waals surface area contributed by atoms with Crippen LogP contribution in [0.5, 0.6) is 0 Å². The minimum atomic E-state index is 0.880. The van der Waals surface area contributed by atoms with Gasteiger partial charge in [0.05, 0.1) is 15.7 Å². The second-order valence-corrected chi connectivity index (χ2v) is 7.60. The lowest BCUT2D eigenvalue weighted by molar-refractivity contribution is 0.373. The molecule has 2 aromatic heterocycles. The van der Waals surface area contributed by atoms with Crippen LogP contribution in [0, 0.1) is 0 Å². The van der Waals surface area contributed by atoms with Crippen LogP contribution in [-0.4, -0.2) is 55.6 Å². The van der Waals surface area contributed by atoms with Gasteiger partial charge in [0.2, 0.25) is 0 Å². The lowest BCUT2D eigenvalue weighted by Gasteiger charge is -2.37. The Bertz CT molecular complexity index is 642. The normalized spacial score (nSPS) is 15.8. The summed E-state index contributed by atoms with van der Waals surface area (Å²) in [6.45, 7) is 7.14. The molecule has 1 N–H and O–H groups in total. The number of hydrogen-bond acceptors (Lipinski definition) is 5. The van der Waals surface area contributed by atoms with E-state index in [0.29, 0.717) is 0 Å². The molecule has 2 aromatic rings. The van der Waals surface area contributed by atoms with Crippen molar-refractivity contribution in [3.63, 3.8) is 0 Å². The summed E-state index contributed by atoms with van der Waals surface area (Å²) in [5, 5.41) is 10.4. The van der Waals surface area contributed by atoms with E-state index < -0.39 is 0 Å². The summed E-state index contributed by atoms with van der Waals surface area (Å²) >= 11 is 3.57. The summed E-state index contributed by atoms with van der Waals surface area (Å²) in [4.78, 5) is 13.9. The molecule has 0 bridgehead atoms. The van der Waals surface area contributed by atoms with Gasteiger partial charge < -0.3 is 15.1 Å². The zero-order chi connectivity index (χ0) is 16.8. The topological polar surface area (TPSA) is 43.8 Å². The van der Waals surface area contributed by atoms with Crippen LogP contribution in [-0.2, 0) is 12.8 Å². The van der Waals surface area contributed by atoms with Crippen molar-refractivity contribution in [2.75, 3.05) is 44.7 Å². The molecular formula is C17H25N5S2. The van der Waals surface area contributed by atoms with Crippen molar-refractivity contribution in [1.82, 2.24) is 15.2 Å². The van der Waals surface area contributed by atoms with Crippen LogP contribution in [0.3, 0.4) is 0 Å². The Hall–Kier alpha value is -1.60. The van der Waals surface area contributed by atoms with Crippen LogP contribution >= 0.6 is 22.7 Å². The van der Waals surface area contributed by atoms with E-state index in [1.165, 1.54) is 15.7 Å². The zero-order valence-electron chi connectivity index (χ0n) is 14.4. The quantitative estimate of drug-likeness (QED) is 0.655. The average Bonchev–Trinajstić information content (AvgIpc) is 3.31. The second kappa shape index (κ2) is 8.48. The number of nitrogens with one attached hydrogen (secondary N) is 1. The third-order valence-electron chi connectivity index (χ3n) is 4.17. The molecule has 130 valence electrons. The summed E-state index contributed by atoms with van der Waals surface area (Å²) in [5.74, 6) is 1.01. The molecule has 0 amide bonds. The van der Waals surface area contributed by atoms with Gasteiger partial charge in [-0.15, -0.1) is 22.7 Å². The molecule has 0 spiro atoms. The Morgan fingerprint density at radius 2 is 2.12 bits per heavy atom. The molecule has 0 saturated carbocycles. The third kappa shape index (κ3) is 4.27. The van der Waals surface area contributed by atoms with Crippen molar-refractivity contribution in [1.29, 1.82) is 0 Å². The van der Waals surface area contributed by atoms with E-state index in [9.17, 15) is 0 Å².